The molecule has 4 nitrogen and oxygen atoms in total. The van der Waals surface area contributed by atoms with Crippen LogP contribution in [0, 0.1) is 6.92 Å². The van der Waals surface area contributed by atoms with E-state index in [4.69, 9.17) is 5.73 Å². The molecule has 110 valence electrons. The summed E-state index contributed by atoms with van der Waals surface area (Å²) >= 11 is 0. The zero-order valence-electron chi connectivity index (χ0n) is 12.6. The molecular formula is C17H21N3O. The fourth-order valence-corrected chi connectivity index (χ4v) is 2.40. The minimum absolute atomic E-state index is 0.0800. The number of hydrogen-bond donors (Lipinski definition) is 3. The molecule has 1 amide bonds. The largest absolute Gasteiger partial charge is 0.399 e. The fourth-order valence-electron chi connectivity index (χ4n) is 2.40. The van der Waals surface area contributed by atoms with E-state index in [0.717, 1.165) is 5.69 Å². The van der Waals surface area contributed by atoms with E-state index >= 15 is 0 Å². The van der Waals surface area contributed by atoms with Crippen molar-refractivity contribution in [1.29, 1.82) is 0 Å². The number of anilines is 2. The first-order valence-electron chi connectivity index (χ1n) is 6.96. The molecule has 0 saturated carbocycles. The number of benzene rings is 2. The number of rotatable bonds is 4. The van der Waals surface area contributed by atoms with E-state index in [0.29, 0.717) is 11.3 Å². The van der Waals surface area contributed by atoms with E-state index in [1.807, 2.05) is 12.1 Å². The summed E-state index contributed by atoms with van der Waals surface area (Å²) in [5, 5.41) is 6.03. The number of nitrogen functional groups attached to an aromatic ring is 1. The maximum absolute atomic E-state index is 11.9. The summed E-state index contributed by atoms with van der Waals surface area (Å²) < 4.78 is 0. The predicted molar refractivity (Wildman–Crippen MR) is 87.5 cm³/mol. The molecule has 21 heavy (non-hydrogen) atoms. The van der Waals surface area contributed by atoms with Gasteiger partial charge in [-0.2, -0.15) is 0 Å². The van der Waals surface area contributed by atoms with Crippen molar-refractivity contribution in [3.63, 3.8) is 0 Å². The van der Waals surface area contributed by atoms with Gasteiger partial charge in [0.2, 0.25) is 0 Å². The van der Waals surface area contributed by atoms with Gasteiger partial charge in [0.1, 0.15) is 0 Å². The first-order valence-corrected chi connectivity index (χ1v) is 6.96. The van der Waals surface area contributed by atoms with Gasteiger partial charge < -0.3 is 16.4 Å². The molecule has 1 atom stereocenters. The van der Waals surface area contributed by atoms with Crippen molar-refractivity contribution in [3.8, 4) is 0 Å². The predicted octanol–water partition coefficient (Wildman–Crippen LogP) is 3.11. The number of nitrogens with one attached hydrogen (secondary N) is 2. The number of carbonyl (C=O) groups is 1. The van der Waals surface area contributed by atoms with E-state index in [-0.39, 0.29) is 11.9 Å². The Balaban J connectivity index is 2.32. The zero-order chi connectivity index (χ0) is 15.4. The quantitative estimate of drug-likeness (QED) is 0.755. The number of nitrogens with two attached hydrogens (primary N) is 1. The van der Waals surface area contributed by atoms with Crippen LogP contribution >= 0.6 is 0 Å². The first kappa shape index (κ1) is 14.9. The Kier molecular flexibility index (Phi) is 4.48. The lowest BCUT2D eigenvalue weighted by Crippen LogP contribution is -2.20. The van der Waals surface area contributed by atoms with Gasteiger partial charge in [0.15, 0.2) is 0 Å². The Bertz CT molecular complexity index is 652. The lowest BCUT2D eigenvalue weighted by molar-refractivity contribution is 0.0964. The van der Waals surface area contributed by atoms with Crippen molar-refractivity contribution in [2.75, 3.05) is 18.1 Å². The van der Waals surface area contributed by atoms with Gasteiger partial charge in [0.05, 0.1) is 5.56 Å². The summed E-state index contributed by atoms with van der Waals surface area (Å²) in [6, 6.07) is 13.5. The Morgan fingerprint density at radius 1 is 1.19 bits per heavy atom. The minimum atomic E-state index is -0.130. The van der Waals surface area contributed by atoms with E-state index in [9.17, 15) is 4.79 Å². The second-order valence-corrected chi connectivity index (χ2v) is 5.11. The average Bonchev–Trinajstić information content (AvgIpc) is 2.47. The molecule has 4 heteroatoms. The van der Waals surface area contributed by atoms with Gasteiger partial charge >= 0.3 is 0 Å². The molecule has 0 bridgehead atoms. The smallest absolute Gasteiger partial charge is 0.253 e. The van der Waals surface area contributed by atoms with Gasteiger partial charge in [-0.3, -0.25) is 4.79 Å². The number of aryl methyl sites for hydroxylation is 1. The van der Waals surface area contributed by atoms with Crippen LogP contribution in [0.1, 0.15) is 34.5 Å². The summed E-state index contributed by atoms with van der Waals surface area (Å²) in [4.78, 5) is 11.9. The second kappa shape index (κ2) is 6.31. The molecule has 2 rings (SSSR count). The molecule has 0 spiro atoms. The SMILES string of the molecule is CNC(=O)c1ccc(N)cc1NC(C)c1ccccc1C. The Labute approximate surface area is 125 Å². The molecule has 1 unspecified atom stereocenters. The lowest BCUT2D eigenvalue weighted by Gasteiger charge is -2.20. The van der Waals surface area contributed by atoms with Crippen molar-refractivity contribution in [1.82, 2.24) is 5.32 Å². The summed E-state index contributed by atoms with van der Waals surface area (Å²) in [5.74, 6) is -0.130. The topological polar surface area (TPSA) is 67.2 Å². The molecule has 0 fully saturated rings. The third-order valence-corrected chi connectivity index (χ3v) is 3.54. The molecule has 0 radical (unpaired) electrons. The van der Waals surface area contributed by atoms with Crippen LogP contribution < -0.4 is 16.4 Å². The highest BCUT2D eigenvalue weighted by molar-refractivity contribution is 6.00. The molecular weight excluding hydrogens is 262 g/mol. The van der Waals surface area contributed by atoms with Gasteiger partial charge in [-0.05, 0) is 43.2 Å². The van der Waals surface area contributed by atoms with Gasteiger partial charge in [-0.25, -0.2) is 0 Å². The third-order valence-electron chi connectivity index (χ3n) is 3.54. The molecule has 4 N–H and O–H groups in total. The van der Waals surface area contributed by atoms with Crippen LogP contribution in [0.15, 0.2) is 42.5 Å². The Morgan fingerprint density at radius 3 is 2.57 bits per heavy atom. The summed E-state index contributed by atoms with van der Waals surface area (Å²) in [6.45, 7) is 4.14. The van der Waals surface area contributed by atoms with Crippen molar-refractivity contribution in [2.24, 2.45) is 0 Å². The van der Waals surface area contributed by atoms with Crippen molar-refractivity contribution < 1.29 is 4.79 Å². The molecule has 2 aromatic rings. The Morgan fingerprint density at radius 2 is 1.90 bits per heavy atom. The highest BCUT2D eigenvalue weighted by Crippen LogP contribution is 2.26. The van der Waals surface area contributed by atoms with Crippen molar-refractivity contribution >= 4 is 17.3 Å². The molecule has 0 aliphatic heterocycles. The molecule has 0 aliphatic carbocycles. The van der Waals surface area contributed by atoms with Crippen molar-refractivity contribution in [2.45, 2.75) is 19.9 Å². The average molecular weight is 283 g/mol. The minimum Gasteiger partial charge on any atom is -0.399 e. The fraction of sp³-hybridized carbons (Fsp3) is 0.235. The van der Waals surface area contributed by atoms with E-state index in [1.54, 1.807) is 25.2 Å². The van der Waals surface area contributed by atoms with Gasteiger partial charge in [0.25, 0.3) is 5.91 Å². The van der Waals surface area contributed by atoms with Crippen LogP contribution in [0.2, 0.25) is 0 Å². The van der Waals surface area contributed by atoms with E-state index in [1.165, 1.54) is 11.1 Å². The van der Waals surface area contributed by atoms with Gasteiger partial charge in [0, 0.05) is 24.5 Å². The van der Waals surface area contributed by atoms with Crippen LogP contribution in [0.25, 0.3) is 0 Å². The van der Waals surface area contributed by atoms with Crippen molar-refractivity contribution in [3.05, 3.63) is 59.2 Å². The third kappa shape index (κ3) is 3.34. The van der Waals surface area contributed by atoms with Crippen LogP contribution in [-0.2, 0) is 0 Å². The van der Waals surface area contributed by atoms with Gasteiger partial charge in [-0.15, -0.1) is 0 Å². The van der Waals surface area contributed by atoms with Crippen LogP contribution in [0.4, 0.5) is 11.4 Å². The second-order valence-electron chi connectivity index (χ2n) is 5.11. The Hall–Kier alpha value is -2.49. The monoisotopic (exact) mass is 283 g/mol. The van der Waals surface area contributed by atoms with E-state index < -0.39 is 0 Å². The standard InChI is InChI=1S/C17H21N3O/c1-11-6-4-5-7-14(11)12(2)20-16-10-13(18)8-9-15(16)17(21)19-3/h4-10,12,20H,18H2,1-3H3,(H,19,21). The highest BCUT2D eigenvalue weighted by Gasteiger charge is 2.14. The maximum atomic E-state index is 11.9. The lowest BCUT2D eigenvalue weighted by atomic mass is 10.0. The first-order chi connectivity index (χ1) is 10.0. The number of hydrogen-bond acceptors (Lipinski definition) is 3. The number of amides is 1. The molecule has 0 aliphatic rings. The summed E-state index contributed by atoms with van der Waals surface area (Å²) in [5.41, 5.74) is 10.2. The summed E-state index contributed by atoms with van der Waals surface area (Å²) in [6.07, 6.45) is 0. The molecule has 0 saturated heterocycles. The van der Waals surface area contributed by atoms with E-state index in [2.05, 4.69) is 36.6 Å². The highest BCUT2D eigenvalue weighted by atomic mass is 16.1. The molecule has 0 heterocycles. The number of carbonyl (C=O) groups excluding carboxylic acids is 1. The van der Waals surface area contributed by atoms with Crippen LogP contribution in [-0.4, -0.2) is 13.0 Å². The normalized spacial score (nSPS) is 11.8. The maximum Gasteiger partial charge on any atom is 0.253 e. The molecule has 2 aromatic carbocycles. The van der Waals surface area contributed by atoms with Crippen LogP contribution in [0.3, 0.4) is 0 Å². The van der Waals surface area contributed by atoms with Crippen LogP contribution in [0.5, 0.6) is 0 Å². The molecule has 0 aromatic heterocycles. The van der Waals surface area contributed by atoms with Gasteiger partial charge in [-0.1, -0.05) is 24.3 Å². The summed E-state index contributed by atoms with van der Waals surface area (Å²) in [7, 11) is 1.62. The zero-order valence-corrected chi connectivity index (χ0v) is 12.6.